The lowest BCUT2D eigenvalue weighted by Crippen LogP contribution is -2.32. The highest BCUT2D eigenvalue weighted by molar-refractivity contribution is 5.86. The number of halogens is 1. The molecule has 3 rings (SSSR count). The van der Waals surface area contributed by atoms with Gasteiger partial charge in [-0.05, 0) is 51.2 Å². The van der Waals surface area contributed by atoms with Crippen molar-refractivity contribution in [2.45, 2.75) is 25.9 Å². The lowest BCUT2D eigenvalue weighted by atomic mass is 9.88. The maximum atomic E-state index is 6.22. The van der Waals surface area contributed by atoms with E-state index in [1.165, 1.54) is 11.1 Å². The van der Waals surface area contributed by atoms with Crippen molar-refractivity contribution in [3.63, 3.8) is 0 Å². The highest BCUT2D eigenvalue weighted by atomic mass is 35.5. The summed E-state index contributed by atoms with van der Waals surface area (Å²) < 4.78 is 12.1. The summed E-state index contributed by atoms with van der Waals surface area (Å²) in [7, 11) is 4.09. The first-order valence-electron chi connectivity index (χ1n) is 8.79. The van der Waals surface area contributed by atoms with Gasteiger partial charge in [0.2, 0.25) is 0 Å². The van der Waals surface area contributed by atoms with Crippen molar-refractivity contribution in [2.24, 2.45) is 0 Å². The Morgan fingerprint density at radius 1 is 1.12 bits per heavy atom. The Morgan fingerprint density at radius 2 is 1.85 bits per heavy atom. The molecule has 2 aromatic carbocycles. The van der Waals surface area contributed by atoms with E-state index in [9.17, 15) is 0 Å². The Labute approximate surface area is 163 Å². The standard InChI is InChI=1S/C22H27NO2.ClH/c1-22(2)16-18(14-17-8-6-5-7-9-17)20-11-10-19(15-21(20)25-22)24-13-12-23(3)4;/h5-11,14-15H,12-13,16H2,1-4H3;1H. The fourth-order valence-electron chi connectivity index (χ4n) is 3.06. The lowest BCUT2D eigenvalue weighted by Gasteiger charge is -2.34. The Morgan fingerprint density at radius 3 is 2.54 bits per heavy atom. The molecule has 0 spiro atoms. The van der Waals surface area contributed by atoms with Gasteiger partial charge in [-0.25, -0.2) is 0 Å². The van der Waals surface area contributed by atoms with E-state index >= 15 is 0 Å². The summed E-state index contributed by atoms with van der Waals surface area (Å²) in [5.41, 5.74) is 3.45. The van der Waals surface area contributed by atoms with Crippen LogP contribution in [0.25, 0.3) is 11.6 Å². The van der Waals surface area contributed by atoms with Gasteiger partial charge >= 0.3 is 0 Å². The van der Waals surface area contributed by atoms with Crippen LogP contribution in [0.2, 0.25) is 0 Å². The van der Waals surface area contributed by atoms with E-state index < -0.39 is 0 Å². The first-order chi connectivity index (χ1) is 11.9. The number of hydrogen-bond acceptors (Lipinski definition) is 3. The summed E-state index contributed by atoms with van der Waals surface area (Å²) in [5.74, 6) is 1.76. The van der Waals surface area contributed by atoms with Gasteiger partial charge in [0, 0.05) is 24.6 Å². The largest absolute Gasteiger partial charge is 0.492 e. The third-order valence-electron chi connectivity index (χ3n) is 4.25. The molecule has 0 aliphatic carbocycles. The first kappa shape index (κ1) is 20.3. The lowest BCUT2D eigenvalue weighted by molar-refractivity contribution is 0.107. The molecule has 26 heavy (non-hydrogen) atoms. The number of likely N-dealkylation sites (N-methyl/N-ethyl adjacent to an activating group) is 1. The molecule has 0 aromatic heterocycles. The van der Waals surface area contributed by atoms with E-state index in [1.54, 1.807) is 0 Å². The van der Waals surface area contributed by atoms with Crippen molar-refractivity contribution >= 4 is 24.1 Å². The minimum Gasteiger partial charge on any atom is -0.492 e. The van der Waals surface area contributed by atoms with Gasteiger partial charge in [0.25, 0.3) is 0 Å². The molecule has 0 saturated heterocycles. The van der Waals surface area contributed by atoms with Crippen LogP contribution in [0.5, 0.6) is 11.5 Å². The predicted octanol–water partition coefficient (Wildman–Crippen LogP) is 5.15. The van der Waals surface area contributed by atoms with Crippen LogP contribution in [-0.2, 0) is 0 Å². The molecule has 2 aromatic rings. The van der Waals surface area contributed by atoms with Gasteiger partial charge in [0.15, 0.2) is 0 Å². The van der Waals surface area contributed by atoms with Crippen molar-refractivity contribution in [1.82, 2.24) is 4.90 Å². The van der Waals surface area contributed by atoms with E-state index in [0.717, 1.165) is 30.0 Å². The number of hydrogen-bond donors (Lipinski definition) is 0. The van der Waals surface area contributed by atoms with Gasteiger partial charge in [-0.15, -0.1) is 12.4 Å². The Bertz CT molecular complexity index is 754. The summed E-state index contributed by atoms with van der Waals surface area (Å²) >= 11 is 0. The van der Waals surface area contributed by atoms with Crippen molar-refractivity contribution in [2.75, 3.05) is 27.2 Å². The van der Waals surface area contributed by atoms with Gasteiger partial charge in [-0.2, -0.15) is 0 Å². The zero-order valence-corrected chi connectivity index (χ0v) is 16.8. The van der Waals surface area contributed by atoms with Gasteiger partial charge in [-0.1, -0.05) is 36.4 Å². The second-order valence-electron chi connectivity index (χ2n) is 7.43. The van der Waals surface area contributed by atoms with Crippen LogP contribution in [0.1, 0.15) is 31.4 Å². The molecule has 0 atom stereocenters. The molecule has 1 aliphatic heterocycles. The quantitative estimate of drug-likeness (QED) is 0.723. The van der Waals surface area contributed by atoms with Crippen LogP contribution in [0.3, 0.4) is 0 Å². The third-order valence-corrected chi connectivity index (χ3v) is 4.25. The van der Waals surface area contributed by atoms with E-state index in [1.807, 2.05) is 32.3 Å². The van der Waals surface area contributed by atoms with Gasteiger partial charge in [0.05, 0.1) is 0 Å². The topological polar surface area (TPSA) is 21.7 Å². The Hall–Kier alpha value is -1.97. The van der Waals surface area contributed by atoms with Crippen LogP contribution >= 0.6 is 12.4 Å². The molecule has 0 unspecified atom stereocenters. The Balaban J connectivity index is 0.00000243. The van der Waals surface area contributed by atoms with E-state index in [-0.39, 0.29) is 18.0 Å². The third kappa shape index (κ3) is 5.26. The molecule has 3 nitrogen and oxygen atoms in total. The number of benzene rings is 2. The second kappa shape index (κ2) is 8.61. The molecule has 0 bridgehead atoms. The SMILES string of the molecule is CN(C)CCOc1ccc2c(c1)OC(C)(C)CC2=Cc1ccccc1.Cl. The smallest absolute Gasteiger partial charge is 0.131 e. The van der Waals surface area contributed by atoms with Gasteiger partial charge < -0.3 is 14.4 Å². The molecule has 4 heteroatoms. The van der Waals surface area contributed by atoms with Gasteiger partial charge in [-0.3, -0.25) is 0 Å². The molecule has 0 N–H and O–H groups in total. The molecule has 1 aliphatic rings. The average Bonchev–Trinajstić information content (AvgIpc) is 2.54. The maximum Gasteiger partial charge on any atom is 0.131 e. The minimum absolute atomic E-state index is 0. The zero-order valence-electron chi connectivity index (χ0n) is 16.0. The molecule has 0 amide bonds. The van der Waals surface area contributed by atoms with Crippen LogP contribution < -0.4 is 9.47 Å². The van der Waals surface area contributed by atoms with Crippen LogP contribution in [0.15, 0.2) is 48.5 Å². The van der Waals surface area contributed by atoms with E-state index in [4.69, 9.17) is 9.47 Å². The van der Waals surface area contributed by atoms with Crippen LogP contribution in [0, 0.1) is 0 Å². The number of nitrogens with zero attached hydrogens (tertiary/aromatic N) is 1. The highest BCUT2D eigenvalue weighted by Gasteiger charge is 2.30. The summed E-state index contributed by atoms with van der Waals surface area (Å²) in [6.45, 7) is 5.83. The van der Waals surface area contributed by atoms with Crippen LogP contribution in [-0.4, -0.2) is 37.7 Å². The molecule has 140 valence electrons. The number of fused-ring (bicyclic) bond motifs is 1. The minimum atomic E-state index is -0.226. The van der Waals surface area contributed by atoms with Crippen LogP contribution in [0.4, 0.5) is 0 Å². The maximum absolute atomic E-state index is 6.22. The molecule has 0 fully saturated rings. The van der Waals surface area contributed by atoms with Crippen molar-refractivity contribution in [1.29, 1.82) is 0 Å². The molecule has 1 heterocycles. The predicted molar refractivity (Wildman–Crippen MR) is 111 cm³/mol. The Kier molecular flexibility index (Phi) is 6.74. The summed E-state index contributed by atoms with van der Waals surface area (Å²) in [4.78, 5) is 2.11. The van der Waals surface area contributed by atoms with E-state index in [2.05, 4.69) is 55.2 Å². The van der Waals surface area contributed by atoms with E-state index in [0.29, 0.717) is 6.61 Å². The summed E-state index contributed by atoms with van der Waals surface area (Å²) in [6.07, 6.45) is 3.14. The number of ether oxygens (including phenoxy) is 2. The number of rotatable bonds is 5. The second-order valence-corrected chi connectivity index (χ2v) is 7.43. The molecular weight excluding hydrogens is 346 g/mol. The van der Waals surface area contributed by atoms with Crippen molar-refractivity contribution in [3.05, 3.63) is 59.7 Å². The van der Waals surface area contributed by atoms with Crippen molar-refractivity contribution in [3.8, 4) is 11.5 Å². The molecule has 0 saturated carbocycles. The average molecular weight is 374 g/mol. The normalized spacial score (nSPS) is 16.6. The fraction of sp³-hybridized carbons (Fsp3) is 0.364. The van der Waals surface area contributed by atoms with Crippen molar-refractivity contribution < 1.29 is 9.47 Å². The monoisotopic (exact) mass is 373 g/mol. The molecular formula is C22H28ClNO2. The zero-order chi connectivity index (χ0) is 17.9. The molecule has 0 radical (unpaired) electrons. The fourth-order valence-corrected chi connectivity index (χ4v) is 3.06. The summed E-state index contributed by atoms with van der Waals surface area (Å²) in [5, 5.41) is 0. The highest BCUT2D eigenvalue weighted by Crippen LogP contribution is 2.42. The van der Waals surface area contributed by atoms with Gasteiger partial charge in [0.1, 0.15) is 23.7 Å². The summed E-state index contributed by atoms with van der Waals surface area (Å²) in [6, 6.07) is 16.6. The first-order valence-corrected chi connectivity index (χ1v) is 8.79.